The highest BCUT2D eigenvalue weighted by Gasteiger charge is 2.70. The molecule has 0 aliphatic carbocycles. The minimum Gasteiger partial charge on any atom is -0.484 e. The summed E-state index contributed by atoms with van der Waals surface area (Å²) in [6.07, 6.45) is 6.79. The van der Waals surface area contributed by atoms with E-state index in [4.69, 9.17) is 14.7 Å². The number of nitrogens with zero attached hydrogens (tertiary/aromatic N) is 1. The SMILES string of the molecule is CCCCC1(CCCC)Oc2ccc(C#N)cc2C2OC21C. The van der Waals surface area contributed by atoms with E-state index in [2.05, 4.69) is 26.8 Å². The third kappa shape index (κ3) is 2.21. The number of hydrogen-bond acceptors (Lipinski definition) is 3. The van der Waals surface area contributed by atoms with Crippen molar-refractivity contribution in [3.8, 4) is 11.8 Å². The molecule has 118 valence electrons. The van der Waals surface area contributed by atoms with E-state index in [-0.39, 0.29) is 17.3 Å². The molecular formula is C19H25NO2. The summed E-state index contributed by atoms with van der Waals surface area (Å²) in [6.45, 7) is 6.62. The second-order valence-corrected chi connectivity index (χ2v) is 6.77. The number of epoxide rings is 1. The van der Waals surface area contributed by atoms with Gasteiger partial charge in [0.15, 0.2) is 0 Å². The van der Waals surface area contributed by atoms with Gasteiger partial charge in [-0.15, -0.1) is 0 Å². The van der Waals surface area contributed by atoms with E-state index in [9.17, 15) is 0 Å². The van der Waals surface area contributed by atoms with Crippen molar-refractivity contribution in [2.24, 2.45) is 0 Å². The van der Waals surface area contributed by atoms with Crippen molar-refractivity contribution in [3.63, 3.8) is 0 Å². The Hall–Kier alpha value is -1.53. The molecule has 22 heavy (non-hydrogen) atoms. The van der Waals surface area contributed by atoms with Crippen molar-refractivity contribution >= 4 is 0 Å². The molecule has 0 saturated carbocycles. The van der Waals surface area contributed by atoms with Gasteiger partial charge in [0.1, 0.15) is 23.1 Å². The summed E-state index contributed by atoms with van der Waals surface area (Å²) in [5, 5.41) is 9.11. The van der Waals surface area contributed by atoms with Gasteiger partial charge in [0.2, 0.25) is 0 Å². The Kier molecular flexibility index (Phi) is 3.91. The number of benzene rings is 1. The third-order valence-corrected chi connectivity index (χ3v) is 5.31. The van der Waals surface area contributed by atoms with Gasteiger partial charge in [0.05, 0.1) is 11.6 Å². The van der Waals surface area contributed by atoms with Crippen molar-refractivity contribution in [2.75, 3.05) is 0 Å². The number of hydrogen-bond donors (Lipinski definition) is 0. The van der Waals surface area contributed by atoms with Crippen molar-refractivity contribution in [1.82, 2.24) is 0 Å². The summed E-state index contributed by atoms with van der Waals surface area (Å²) in [5.74, 6) is 0.909. The predicted octanol–water partition coefficient (Wildman–Crippen LogP) is 4.90. The van der Waals surface area contributed by atoms with Gasteiger partial charge in [-0.1, -0.05) is 26.7 Å². The van der Waals surface area contributed by atoms with Gasteiger partial charge in [-0.2, -0.15) is 5.26 Å². The van der Waals surface area contributed by atoms with E-state index in [1.807, 2.05) is 18.2 Å². The van der Waals surface area contributed by atoms with E-state index in [1.165, 1.54) is 0 Å². The van der Waals surface area contributed by atoms with Crippen molar-refractivity contribution in [3.05, 3.63) is 29.3 Å². The van der Waals surface area contributed by atoms with Gasteiger partial charge >= 0.3 is 0 Å². The average molecular weight is 299 g/mol. The number of unbranched alkanes of at least 4 members (excludes halogenated alkanes) is 2. The van der Waals surface area contributed by atoms with Crippen LogP contribution in [0, 0.1) is 11.3 Å². The largest absolute Gasteiger partial charge is 0.484 e. The number of fused-ring (bicyclic) bond motifs is 3. The van der Waals surface area contributed by atoms with Crippen LogP contribution in [0.25, 0.3) is 0 Å². The first-order valence-electron chi connectivity index (χ1n) is 8.51. The topological polar surface area (TPSA) is 45.5 Å². The molecule has 3 heteroatoms. The Morgan fingerprint density at radius 1 is 1.18 bits per heavy atom. The van der Waals surface area contributed by atoms with Crippen LogP contribution in [0.4, 0.5) is 0 Å². The maximum atomic E-state index is 9.11. The lowest BCUT2D eigenvalue weighted by Gasteiger charge is -2.41. The maximum Gasteiger partial charge on any atom is 0.140 e. The lowest BCUT2D eigenvalue weighted by molar-refractivity contribution is -0.0272. The first-order chi connectivity index (χ1) is 10.6. The van der Waals surface area contributed by atoms with Gasteiger partial charge in [-0.05, 0) is 50.8 Å². The predicted molar refractivity (Wildman–Crippen MR) is 85.8 cm³/mol. The molecule has 1 saturated heterocycles. The molecule has 2 aliphatic rings. The number of ether oxygens (including phenoxy) is 2. The molecule has 1 aromatic carbocycles. The van der Waals surface area contributed by atoms with E-state index < -0.39 is 0 Å². The normalized spacial score (nSPS) is 27.3. The van der Waals surface area contributed by atoms with Crippen LogP contribution in [0.15, 0.2) is 18.2 Å². The van der Waals surface area contributed by atoms with Gasteiger partial charge < -0.3 is 9.47 Å². The van der Waals surface area contributed by atoms with Gasteiger partial charge in [-0.25, -0.2) is 0 Å². The third-order valence-electron chi connectivity index (χ3n) is 5.31. The summed E-state index contributed by atoms with van der Waals surface area (Å²) >= 11 is 0. The highest BCUT2D eigenvalue weighted by molar-refractivity contribution is 5.49. The average Bonchev–Trinajstić information content (AvgIpc) is 3.24. The Morgan fingerprint density at radius 3 is 2.45 bits per heavy atom. The van der Waals surface area contributed by atoms with Crippen molar-refractivity contribution < 1.29 is 9.47 Å². The van der Waals surface area contributed by atoms with Crippen LogP contribution in [-0.4, -0.2) is 11.2 Å². The Balaban J connectivity index is 1.97. The van der Waals surface area contributed by atoms with Crippen LogP contribution in [0.3, 0.4) is 0 Å². The van der Waals surface area contributed by atoms with Crippen molar-refractivity contribution in [2.45, 2.75) is 76.6 Å². The standard InChI is InChI=1S/C19H25NO2/c1-4-6-10-19(11-7-5-2)18(3)17(22-18)15-12-14(13-20)8-9-16(15)21-19/h8-9,12,17H,4-7,10-11H2,1-3H3. The fourth-order valence-corrected chi connectivity index (χ4v) is 3.79. The first kappa shape index (κ1) is 15.4. The van der Waals surface area contributed by atoms with Crippen LogP contribution in [0.2, 0.25) is 0 Å². The minimum atomic E-state index is -0.238. The maximum absolute atomic E-state index is 9.11. The summed E-state index contributed by atoms with van der Waals surface area (Å²) in [6, 6.07) is 7.92. The second-order valence-electron chi connectivity index (χ2n) is 6.77. The monoisotopic (exact) mass is 299 g/mol. The van der Waals surface area contributed by atoms with Crippen LogP contribution < -0.4 is 4.74 Å². The molecule has 0 amide bonds. The quantitative estimate of drug-likeness (QED) is 0.702. The van der Waals surface area contributed by atoms with Crippen LogP contribution >= 0.6 is 0 Å². The molecule has 1 aromatic rings. The molecule has 0 N–H and O–H groups in total. The summed E-state index contributed by atoms with van der Waals surface area (Å²) < 4.78 is 12.7. The number of nitriles is 1. The molecule has 3 rings (SSSR count). The second kappa shape index (κ2) is 5.59. The van der Waals surface area contributed by atoms with E-state index in [0.29, 0.717) is 5.56 Å². The Bertz CT molecular complexity index is 596. The molecule has 1 fully saturated rings. The van der Waals surface area contributed by atoms with Crippen molar-refractivity contribution in [1.29, 1.82) is 5.26 Å². The Morgan fingerprint density at radius 2 is 1.86 bits per heavy atom. The minimum absolute atomic E-state index is 0.0817. The summed E-state index contributed by atoms with van der Waals surface area (Å²) in [4.78, 5) is 0. The molecule has 0 spiro atoms. The molecule has 2 unspecified atom stereocenters. The molecule has 2 atom stereocenters. The molecule has 2 heterocycles. The molecule has 0 radical (unpaired) electrons. The molecule has 3 nitrogen and oxygen atoms in total. The van der Waals surface area contributed by atoms with Gasteiger partial charge in [0, 0.05) is 5.56 Å². The van der Waals surface area contributed by atoms with Crippen LogP contribution in [0.5, 0.6) is 5.75 Å². The van der Waals surface area contributed by atoms with E-state index >= 15 is 0 Å². The van der Waals surface area contributed by atoms with Crippen LogP contribution in [-0.2, 0) is 4.74 Å². The summed E-state index contributed by atoms with van der Waals surface area (Å²) in [7, 11) is 0. The zero-order valence-electron chi connectivity index (χ0n) is 13.8. The lowest BCUT2D eigenvalue weighted by atomic mass is 9.74. The zero-order chi connectivity index (χ0) is 15.8. The Labute approximate surface area is 133 Å². The highest BCUT2D eigenvalue weighted by Crippen LogP contribution is 2.64. The number of rotatable bonds is 6. The summed E-state index contributed by atoms with van der Waals surface area (Å²) in [5.41, 5.74) is 1.27. The molecule has 0 aromatic heterocycles. The zero-order valence-corrected chi connectivity index (χ0v) is 13.8. The first-order valence-corrected chi connectivity index (χ1v) is 8.51. The fourth-order valence-electron chi connectivity index (χ4n) is 3.79. The van der Waals surface area contributed by atoms with E-state index in [1.54, 1.807) is 0 Å². The smallest absolute Gasteiger partial charge is 0.140 e. The van der Waals surface area contributed by atoms with Crippen LogP contribution in [0.1, 0.15) is 76.5 Å². The fraction of sp³-hybridized carbons (Fsp3) is 0.632. The highest BCUT2D eigenvalue weighted by atomic mass is 16.7. The molecule has 0 bridgehead atoms. The van der Waals surface area contributed by atoms with Gasteiger partial charge in [-0.3, -0.25) is 0 Å². The van der Waals surface area contributed by atoms with E-state index in [0.717, 1.165) is 49.8 Å². The molecular weight excluding hydrogens is 274 g/mol. The lowest BCUT2D eigenvalue weighted by Crippen LogP contribution is -2.51. The van der Waals surface area contributed by atoms with Gasteiger partial charge in [0.25, 0.3) is 0 Å². The molecule has 2 aliphatic heterocycles.